The standard InChI is InChI=1S/C20H23NO4S/c1-3-24-20(23)17-6-4-5-7-18(17)25-14-19(22)21-12-13-26-16-10-8-15(2)9-11-16/h4-11H,3,12-14H2,1-2H3,(H,21,22). The Balaban J connectivity index is 1.73. The molecule has 0 aliphatic carbocycles. The molecular formula is C20H23NO4S. The van der Waals surface area contributed by atoms with Crippen LogP contribution in [-0.2, 0) is 9.53 Å². The number of esters is 1. The third kappa shape index (κ3) is 6.44. The van der Waals surface area contributed by atoms with Gasteiger partial charge in [-0.2, -0.15) is 0 Å². The van der Waals surface area contributed by atoms with E-state index in [4.69, 9.17) is 9.47 Å². The molecule has 0 fully saturated rings. The Labute approximate surface area is 158 Å². The lowest BCUT2D eigenvalue weighted by molar-refractivity contribution is -0.122. The van der Waals surface area contributed by atoms with Crippen molar-refractivity contribution in [2.75, 3.05) is 25.5 Å². The van der Waals surface area contributed by atoms with Gasteiger partial charge in [-0.15, -0.1) is 11.8 Å². The highest BCUT2D eigenvalue weighted by molar-refractivity contribution is 7.99. The molecule has 0 aromatic heterocycles. The van der Waals surface area contributed by atoms with Crippen LogP contribution < -0.4 is 10.1 Å². The first-order chi connectivity index (χ1) is 12.6. The number of benzene rings is 2. The molecule has 0 saturated carbocycles. The molecule has 0 aliphatic rings. The first-order valence-electron chi connectivity index (χ1n) is 8.45. The number of rotatable bonds is 9. The molecule has 0 spiro atoms. The van der Waals surface area contributed by atoms with E-state index < -0.39 is 5.97 Å². The largest absolute Gasteiger partial charge is 0.483 e. The summed E-state index contributed by atoms with van der Waals surface area (Å²) >= 11 is 1.68. The molecule has 0 aliphatic heterocycles. The summed E-state index contributed by atoms with van der Waals surface area (Å²) < 4.78 is 10.5. The van der Waals surface area contributed by atoms with Gasteiger partial charge in [-0.05, 0) is 38.1 Å². The maximum Gasteiger partial charge on any atom is 0.341 e. The summed E-state index contributed by atoms with van der Waals surface area (Å²) in [5.74, 6) is 0.426. The molecule has 1 amide bonds. The average molecular weight is 373 g/mol. The predicted molar refractivity (Wildman–Crippen MR) is 103 cm³/mol. The van der Waals surface area contributed by atoms with Crippen LogP contribution in [0.15, 0.2) is 53.4 Å². The highest BCUT2D eigenvalue weighted by atomic mass is 32.2. The molecule has 0 heterocycles. The van der Waals surface area contributed by atoms with Gasteiger partial charge in [0.15, 0.2) is 6.61 Å². The maximum atomic E-state index is 11.9. The number of carbonyl (C=O) groups is 2. The number of amides is 1. The van der Waals surface area contributed by atoms with Crippen molar-refractivity contribution in [1.29, 1.82) is 0 Å². The molecule has 2 aromatic carbocycles. The van der Waals surface area contributed by atoms with E-state index >= 15 is 0 Å². The van der Waals surface area contributed by atoms with Crippen LogP contribution in [0.5, 0.6) is 5.75 Å². The van der Waals surface area contributed by atoms with Crippen molar-refractivity contribution in [2.24, 2.45) is 0 Å². The van der Waals surface area contributed by atoms with Crippen molar-refractivity contribution in [3.63, 3.8) is 0 Å². The second-order valence-electron chi connectivity index (χ2n) is 5.52. The highest BCUT2D eigenvalue weighted by Crippen LogP contribution is 2.19. The van der Waals surface area contributed by atoms with E-state index in [2.05, 4.69) is 36.5 Å². The number of thioether (sulfide) groups is 1. The number of carbonyl (C=O) groups excluding carboxylic acids is 2. The Bertz CT molecular complexity index is 731. The van der Waals surface area contributed by atoms with Crippen LogP contribution >= 0.6 is 11.8 Å². The van der Waals surface area contributed by atoms with Gasteiger partial charge in [0.2, 0.25) is 0 Å². The van der Waals surface area contributed by atoms with E-state index in [9.17, 15) is 9.59 Å². The Morgan fingerprint density at radius 1 is 1.08 bits per heavy atom. The Morgan fingerprint density at radius 2 is 1.81 bits per heavy atom. The van der Waals surface area contributed by atoms with E-state index in [-0.39, 0.29) is 19.1 Å². The topological polar surface area (TPSA) is 64.6 Å². The van der Waals surface area contributed by atoms with Crippen LogP contribution in [0.25, 0.3) is 0 Å². The van der Waals surface area contributed by atoms with Crippen LogP contribution in [0.1, 0.15) is 22.8 Å². The first kappa shape index (κ1) is 19.8. The van der Waals surface area contributed by atoms with E-state index in [1.165, 1.54) is 10.5 Å². The van der Waals surface area contributed by atoms with Gasteiger partial charge in [-0.3, -0.25) is 4.79 Å². The number of hydrogen-bond donors (Lipinski definition) is 1. The predicted octanol–water partition coefficient (Wildman–Crippen LogP) is 3.46. The van der Waals surface area contributed by atoms with Crippen molar-refractivity contribution in [3.8, 4) is 5.75 Å². The van der Waals surface area contributed by atoms with Gasteiger partial charge in [-0.1, -0.05) is 29.8 Å². The lowest BCUT2D eigenvalue weighted by atomic mass is 10.2. The first-order valence-corrected chi connectivity index (χ1v) is 9.44. The molecule has 5 nitrogen and oxygen atoms in total. The van der Waals surface area contributed by atoms with E-state index in [1.807, 2.05) is 0 Å². The third-order valence-corrected chi connectivity index (χ3v) is 4.47. The van der Waals surface area contributed by atoms with E-state index in [0.29, 0.717) is 17.9 Å². The fraction of sp³-hybridized carbons (Fsp3) is 0.300. The summed E-state index contributed by atoms with van der Waals surface area (Å²) in [6.45, 7) is 4.47. The molecule has 138 valence electrons. The molecule has 1 N–H and O–H groups in total. The number of aryl methyl sites for hydroxylation is 1. The molecule has 2 aromatic rings. The monoisotopic (exact) mass is 373 g/mol. The SMILES string of the molecule is CCOC(=O)c1ccccc1OCC(=O)NCCSc1ccc(C)cc1. The van der Waals surface area contributed by atoms with Gasteiger partial charge in [0.1, 0.15) is 11.3 Å². The summed E-state index contributed by atoms with van der Waals surface area (Å²) in [5, 5.41) is 2.81. The molecular weight excluding hydrogens is 350 g/mol. The van der Waals surface area contributed by atoms with Crippen LogP contribution in [0, 0.1) is 6.92 Å². The second-order valence-corrected chi connectivity index (χ2v) is 6.69. The van der Waals surface area contributed by atoms with Crippen LogP contribution in [0.4, 0.5) is 0 Å². The van der Waals surface area contributed by atoms with Crippen LogP contribution in [-0.4, -0.2) is 37.4 Å². The van der Waals surface area contributed by atoms with Gasteiger partial charge >= 0.3 is 5.97 Å². The Kier molecular flexibility index (Phi) is 8.02. The lowest BCUT2D eigenvalue weighted by Gasteiger charge is -2.11. The van der Waals surface area contributed by atoms with Gasteiger partial charge in [-0.25, -0.2) is 4.79 Å². The zero-order valence-corrected chi connectivity index (χ0v) is 15.8. The number of hydrogen-bond acceptors (Lipinski definition) is 5. The number of ether oxygens (including phenoxy) is 2. The van der Waals surface area contributed by atoms with Crippen molar-refractivity contribution in [3.05, 3.63) is 59.7 Å². The fourth-order valence-electron chi connectivity index (χ4n) is 2.16. The maximum absolute atomic E-state index is 11.9. The summed E-state index contributed by atoms with van der Waals surface area (Å²) in [6.07, 6.45) is 0. The lowest BCUT2D eigenvalue weighted by Crippen LogP contribution is -2.30. The summed E-state index contributed by atoms with van der Waals surface area (Å²) in [5.41, 5.74) is 1.54. The number of nitrogens with one attached hydrogen (secondary N) is 1. The molecule has 0 saturated heterocycles. The zero-order chi connectivity index (χ0) is 18.8. The number of para-hydroxylation sites is 1. The molecule has 0 atom stereocenters. The van der Waals surface area contributed by atoms with Crippen LogP contribution in [0.3, 0.4) is 0 Å². The minimum atomic E-state index is -0.460. The average Bonchev–Trinajstić information content (AvgIpc) is 2.65. The summed E-state index contributed by atoms with van der Waals surface area (Å²) in [6, 6.07) is 15.0. The Hall–Kier alpha value is -2.47. The second kappa shape index (κ2) is 10.5. The minimum absolute atomic E-state index is 0.147. The highest BCUT2D eigenvalue weighted by Gasteiger charge is 2.13. The third-order valence-electron chi connectivity index (χ3n) is 3.46. The normalized spacial score (nSPS) is 10.2. The van der Waals surface area contributed by atoms with Crippen LogP contribution in [0.2, 0.25) is 0 Å². The molecule has 0 unspecified atom stereocenters. The fourth-order valence-corrected chi connectivity index (χ4v) is 2.93. The summed E-state index contributed by atoms with van der Waals surface area (Å²) in [7, 11) is 0. The molecule has 26 heavy (non-hydrogen) atoms. The van der Waals surface area contributed by atoms with Crippen molar-refractivity contribution < 1.29 is 19.1 Å². The van der Waals surface area contributed by atoms with E-state index in [0.717, 1.165) is 5.75 Å². The zero-order valence-electron chi connectivity index (χ0n) is 15.0. The molecule has 0 radical (unpaired) electrons. The smallest absolute Gasteiger partial charge is 0.341 e. The quantitative estimate of drug-likeness (QED) is 0.414. The summed E-state index contributed by atoms with van der Waals surface area (Å²) in [4.78, 5) is 25.0. The van der Waals surface area contributed by atoms with Crippen molar-refractivity contribution >= 4 is 23.6 Å². The molecule has 2 rings (SSSR count). The molecule has 6 heteroatoms. The Morgan fingerprint density at radius 3 is 2.54 bits per heavy atom. The van der Waals surface area contributed by atoms with E-state index in [1.54, 1.807) is 43.0 Å². The van der Waals surface area contributed by atoms with Gasteiger partial charge in [0.25, 0.3) is 5.91 Å². The van der Waals surface area contributed by atoms with Crippen molar-refractivity contribution in [2.45, 2.75) is 18.7 Å². The van der Waals surface area contributed by atoms with Gasteiger partial charge in [0, 0.05) is 17.2 Å². The van der Waals surface area contributed by atoms with Gasteiger partial charge < -0.3 is 14.8 Å². The van der Waals surface area contributed by atoms with Gasteiger partial charge in [0.05, 0.1) is 6.61 Å². The minimum Gasteiger partial charge on any atom is -0.483 e. The molecule has 0 bridgehead atoms. The van der Waals surface area contributed by atoms with Crippen molar-refractivity contribution in [1.82, 2.24) is 5.32 Å².